The SMILES string of the molecule is CC1CN(CCCNC(=O)c2cccc(CS(C)(=O)=O)c2)CC(C)O1. The number of nitrogens with one attached hydrogen (secondary N) is 1. The van der Waals surface area contributed by atoms with Gasteiger partial charge in [-0.25, -0.2) is 8.42 Å². The van der Waals surface area contributed by atoms with E-state index in [0.29, 0.717) is 17.7 Å². The highest BCUT2D eigenvalue weighted by atomic mass is 32.2. The second-order valence-electron chi connectivity index (χ2n) is 6.90. The van der Waals surface area contributed by atoms with Crippen LogP contribution in [0.15, 0.2) is 24.3 Å². The molecule has 1 saturated heterocycles. The van der Waals surface area contributed by atoms with Crippen molar-refractivity contribution in [2.45, 2.75) is 38.2 Å². The third-order valence-corrected chi connectivity index (χ3v) is 4.91. The van der Waals surface area contributed by atoms with Crippen molar-refractivity contribution >= 4 is 15.7 Å². The molecule has 2 rings (SSSR count). The minimum atomic E-state index is -3.11. The summed E-state index contributed by atoms with van der Waals surface area (Å²) in [7, 11) is -3.11. The highest BCUT2D eigenvalue weighted by Crippen LogP contribution is 2.11. The fourth-order valence-electron chi connectivity index (χ4n) is 3.18. The number of sulfone groups is 1. The normalized spacial score (nSPS) is 21.9. The molecule has 1 aromatic carbocycles. The van der Waals surface area contributed by atoms with Crippen LogP contribution in [-0.2, 0) is 20.3 Å². The maximum Gasteiger partial charge on any atom is 0.251 e. The van der Waals surface area contributed by atoms with Gasteiger partial charge in [0, 0.05) is 38.0 Å². The van der Waals surface area contributed by atoms with Crippen molar-refractivity contribution in [3.63, 3.8) is 0 Å². The molecule has 6 nitrogen and oxygen atoms in total. The van der Waals surface area contributed by atoms with E-state index in [2.05, 4.69) is 24.1 Å². The van der Waals surface area contributed by atoms with Crippen molar-refractivity contribution in [3.05, 3.63) is 35.4 Å². The van der Waals surface area contributed by atoms with Gasteiger partial charge >= 0.3 is 0 Å². The van der Waals surface area contributed by atoms with E-state index in [-0.39, 0.29) is 23.9 Å². The van der Waals surface area contributed by atoms with Gasteiger partial charge in [-0.15, -0.1) is 0 Å². The molecule has 1 aromatic rings. The van der Waals surface area contributed by atoms with Gasteiger partial charge < -0.3 is 10.1 Å². The topological polar surface area (TPSA) is 75.7 Å². The van der Waals surface area contributed by atoms with Gasteiger partial charge in [0.25, 0.3) is 5.91 Å². The van der Waals surface area contributed by atoms with Crippen LogP contribution < -0.4 is 5.32 Å². The molecule has 1 N–H and O–H groups in total. The molecule has 1 fully saturated rings. The number of carbonyl (C=O) groups is 1. The lowest BCUT2D eigenvalue weighted by Gasteiger charge is -2.35. The summed E-state index contributed by atoms with van der Waals surface area (Å²) in [6, 6.07) is 6.78. The van der Waals surface area contributed by atoms with Crippen LogP contribution in [-0.4, -0.2) is 63.9 Å². The average molecular weight is 368 g/mol. The van der Waals surface area contributed by atoms with Gasteiger partial charge in [0.2, 0.25) is 0 Å². The summed E-state index contributed by atoms with van der Waals surface area (Å²) < 4.78 is 28.5. The van der Waals surface area contributed by atoms with Crippen LogP contribution in [0.25, 0.3) is 0 Å². The molecule has 2 unspecified atom stereocenters. The molecule has 1 amide bonds. The van der Waals surface area contributed by atoms with Gasteiger partial charge in [-0.1, -0.05) is 12.1 Å². The summed E-state index contributed by atoms with van der Waals surface area (Å²) in [5.74, 6) is -0.222. The van der Waals surface area contributed by atoms with Crippen molar-refractivity contribution < 1.29 is 17.9 Å². The zero-order chi connectivity index (χ0) is 18.4. The quantitative estimate of drug-likeness (QED) is 0.738. The number of nitrogens with zero attached hydrogens (tertiary/aromatic N) is 1. The van der Waals surface area contributed by atoms with Crippen molar-refractivity contribution in [3.8, 4) is 0 Å². The monoisotopic (exact) mass is 368 g/mol. The second-order valence-corrected chi connectivity index (χ2v) is 9.04. The first-order valence-electron chi connectivity index (χ1n) is 8.65. The second kappa shape index (κ2) is 8.78. The Balaban J connectivity index is 1.78. The largest absolute Gasteiger partial charge is 0.373 e. The number of rotatable bonds is 7. The molecule has 7 heteroatoms. The van der Waals surface area contributed by atoms with Gasteiger partial charge in [-0.05, 0) is 38.0 Å². The minimum Gasteiger partial charge on any atom is -0.373 e. The van der Waals surface area contributed by atoms with Gasteiger partial charge in [0.05, 0.1) is 18.0 Å². The van der Waals surface area contributed by atoms with Gasteiger partial charge in [-0.3, -0.25) is 9.69 Å². The molecule has 0 radical (unpaired) electrons. The summed E-state index contributed by atoms with van der Waals surface area (Å²) in [5.41, 5.74) is 1.13. The smallest absolute Gasteiger partial charge is 0.251 e. The van der Waals surface area contributed by atoms with Crippen LogP contribution >= 0.6 is 0 Å². The molecule has 0 aromatic heterocycles. The molecule has 2 atom stereocenters. The Morgan fingerprint density at radius 3 is 2.60 bits per heavy atom. The van der Waals surface area contributed by atoms with E-state index < -0.39 is 9.84 Å². The van der Waals surface area contributed by atoms with Crippen LogP contribution in [0.4, 0.5) is 0 Å². The molecule has 0 aliphatic carbocycles. The van der Waals surface area contributed by atoms with E-state index in [4.69, 9.17) is 4.74 Å². The van der Waals surface area contributed by atoms with Crippen LogP contribution in [0.1, 0.15) is 36.2 Å². The number of hydrogen-bond acceptors (Lipinski definition) is 5. The fraction of sp³-hybridized carbons (Fsp3) is 0.611. The lowest BCUT2D eigenvalue weighted by Crippen LogP contribution is -2.46. The molecule has 1 heterocycles. The lowest BCUT2D eigenvalue weighted by atomic mass is 10.1. The molecule has 0 spiro atoms. The highest BCUT2D eigenvalue weighted by Gasteiger charge is 2.21. The minimum absolute atomic E-state index is 0.0540. The Labute approximate surface area is 150 Å². The average Bonchev–Trinajstić information content (AvgIpc) is 2.49. The number of benzene rings is 1. The van der Waals surface area contributed by atoms with Crippen LogP contribution in [0.5, 0.6) is 0 Å². The standard InChI is InChI=1S/C18H28N2O4S/c1-14-11-20(12-15(2)24-14)9-5-8-19-18(21)17-7-4-6-16(10-17)13-25(3,22)23/h4,6-7,10,14-15H,5,8-9,11-13H2,1-3H3,(H,19,21). The number of ether oxygens (including phenoxy) is 1. The molecule has 1 aliphatic heterocycles. The zero-order valence-corrected chi connectivity index (χ0v) is 16.0. The molecule has 0 bridgehead atoms. The zero-order valence-electron chi connectivity index (χ0n) is 15.2. The number of amides is 1. The van der Waals surface area contributed by atoms with E-state index in [1.54, 1.807) is 24.3 Å². The third kappa shape index (κ3) is 7.13. The van der Waals surface area contributed by atoms with E-state index in [1.807, 2.05) is 0 Å². The predicted octanol–water partition coefficient (Wildman–Crippen LogP) is 1.46. The van der Waals surface area contributed by atoms with E-state index in [1.165, 1.54) is 6.26 Å². The van der Waals surface area contributed by atoms with Crippen LogP contribution in [0.2, 0.25) is 0 Å². The maximum absolute atomic E-state index is 12.2. The van der Waals surface area contributed by atoms with Gasteiger partial charge in [0.1, 0.15) is 0 Å². The van der Waals surface area contributed by atoms with Crippen LogP contribution in [0.3, 0.4) is 0 Å². The molecular formula is C18H28N2O4S. The fourth-order valence-corrected chi connectivity index (χ4v) is 3.96. The Kier molecular flexibility index (Phi) is 6.98. The van der Waals surface area contributed by atoms with Crippen LogP contribution in [0, 0.1) is 0 Å². The third-order valence-electron chi connectivity index (χ3n) is 4.05. The Morgan fingerprint density at radius 1 is 1.28 bits per heavy atom. The summed E-state index contributed by atoms with van der Waals surface area (Å²) in [4.78, 5) is 14.6. The number of carbonyl (C=O) groups excluding carboxylic acids is 1. The Hall–Kier alpha value is -1.44. The molecule has 1 aliphatic rings. The van der Waals surface area contributed by atoms with Crippen molar-refractivity contribution in [2.75, 3.05) is 32.4 Å². The Bertz CT molecular complexity index is 680. The first-order valence-corrected chi connectivity index (χ1v) is 10.7. The van der Waals surface area contributed by atoms with E-state index >= 15 is 0 Å². The molecule has 0 saturated carbocycles. The maximum atomic E-state index is 12.2. The van der Waals surface area contributed by atoms with Crippen molar-refractivity contribution in [2.24, 2.45) is 0 Å². The first kappa shape index (κ1) is 19.9. The number of morpholine rings is 1. The van der Waals surface area contributed by atoms with E-state index in [9.17, 15) is 13.2 Å². The van der Waals surface area contributed by atoms with Crippen molar-refractivity contribution in [1.29, 1.82) is 0 Å². The first-order chi connectivity index (χ1) is 11.7. The highest BCUT2D eigenvalue weighted by molar-refractivity contribution is 7.89. The molecule has 140 valence electrons. The summed E-state index contributed by atoms with van der Waals surface area (Å²) in [6.45, 7) is 7.52. The summed E-state index contributed by atoms with van der Waals surface area (Å²) in [6.07, 6.45) is 2.55. The van der Waals surface area contributed by atoms with E-state index in [0.717, 1.165) is 26.1 Å². The summed E-state index contributed by atoms with van der Waals surface area (Å²) >= 11 is 0. The lowest BCUT2D eigenvalue weighted by molar-refractivity contribution is -0.0679. The van der Waals surface area contributed by atoms with Gasteiger partial charge in [0.15, 0.2) is 9.84 Å². The van der Waals surface area contributed by atoms with Crippen molar-refractivity contribution in [1.82, 2.24) is 10.2 Å². The summed E-state index contributed by atoms with van der Waals surface area (Å²) in [5, 5.41) is 2.90. The number of hydrogen-bond donors (Lipinski definition) is 1. The van der Waals surface area contributed by atoms with Gasteiger partial charge in [-0.2, -0.15) is 0 Å². The predicted molar refractivity (Wildman–Crippen MR) is 98.4 cm³/mol. The molecular weight excluding hydrogens is 340 g/mol. The molecule has 25 heavy (non-hydrogen) atoms. The Morgan fingerprint density at radius 2 is 1.96 bits per heavy atom.